The van der Waals surface area contributed by atoms with E-state index >= 15 is 0 Å². The van der Waals surface area contributed by atoms with Crippen LogP contribution in [0, 0.1) is 0 Å². The number of anilines is 1. The molecule has 0 saturated carbocycles. The molecular weight excluding hydrogens is 422 g/mol. The van der Waals surface area contributed by atoms with Crippen LogP contribution < -0.4 is 16.8 Å². The number of carbonyl (C=O) groups excluding carboxylic acids is 3. The smallest absolute Gasteiger partial charge is 0.270 e. The van der Waals surface area contributed by atoms with E-state index in [9.17, 15) is 14.4 Å². The lowest BCUT2D eigenvalue weighted by Gasteiger charge is -2.33. The average Bonchev–Trinajstić information content (AvgIpc) is 3.28. The van der Waals surface area contributed by atoms with Crippen molar-refractivity contribution in [2.24, 2.45) is 5.73 Å². The zero-order valence-electron chi connectivity index (χ0n) is 17.7. The van der Waals surface area contributed by atoms with Crippen LogP contribution in [-0.2, 0) is 11.3 Å². The number of hydrogen-bond donors (Lipinski definition) is 3. The van der Waals surface area contributed by atoms with Crippen LogP contribution in [0.1, 0.15) is 72.0 Å². The standard InChI is InChI=1S/C20H29N5O3S2/c1-5-6-9-13(18(27)23-20(2,3)4)25(11-12-8-7-10-29-12)19(28)16-14(21)15(17(22)26)24-30-16/h7-8,10,13H,5-6,9,11,21H2,1-4H3,(H2,22,26)(H,23,27). The summed E-state index contributed by atoms with van der Waals surface area (Å²) in [6.07, 6.45) is 2.17. The summed E-state index contributed by atoms with van der Waals surface area (Å²) in [4.78, 5) is 40.7. The van der Waals surface area contributed by atoms with E-state index in [0.29, 0.717) is 6.42 Å². The number of rotatable bonds is 9. The normalized spacial score (nSPS) is 12.4. The van der Waals surface area contributed by atoms with Crippen molar-refractivity contribution < 1.29 is 14.4 Å². The van der Waals surface area contributed by atoms with Gasteiger partial charge in [-0.25, -0.2) is 0 Å². The number of nitrogens with two attached hydrogens (primary N) is 2. The summed E-state index contributed by atoms with van der Waals surface area (Å²) >= 11 is 2.33. The Kier molecular flexibility index (Phi) is 7.96. The van der Waals surface area contributed by atoms with E-state index in [0.717, 1.165) is 29.3 Å². The highest BCUT2D eigenvalue weighted by Crippen LogP contribution is 2.27. The molecular formula is C20H29N5O3S2. The van der Waals surface area contributed by atoms with E-state index in [-0.39, 0.29) is 28.7 Å². The molecule has 1 unspecified atom stereocenters. The second kappa shape index (κ2) is 10.0. The van der Waals surface area contributed by atoms with Crippen molar-refractivity contribution in [3.05, 3.63) is 33.0 Å². The number of aromatic nitrogens is 1. The number of primary amides is 1. The fourth-order valence-corrected chi connectivity index (χ4v) is 4.40. The molecule has 0 radical (unpaired) electrons. The zero-order valence-corrected chi connectivity index (χ0v) is 19.4. The molecule has 10 heteroatoms. The SMILES string of the molecule is CCCCC(C(=O)NC(C)(C)C)N(Cc1cccs1)C(=O)c1snc(C(N)=O)c1N. The highest BCUT2D eigenvalue weighted by Gasteiger charge is 2.34. The number of amides is 3. The van der Waals surface area contributed by atoms with E-state index in [4.69, 9.17) is 11.5 Å². The molecule has 5 N–H and O–H groups in total. The minimum Gasteiger partial charge on any atom is -0.395 e. The van der Waals surface area contributed by atoms with Gasteiger partial charge in [-0.05, 0) is 50.2 Å². The Labute approximate surface area is 184 Å². The molecule has 0 aliphatic carbocycles. The molecule has 2 heterocycles. The predicted octanol–water partition coefficient (Wildman–Crippen LogP) is 3.00. The monoisotopic (exact) mass is 451 g/mol. The summed E-state index contributed by atoms with van der Waals surface area (Å²) in [5.41, 5.74) is 10.7. The van der Waals surface area contributed by atoms with E-state index in [1.807, 2.05) is 45.2 Å². The van der Waals surface area contributed by atoms with Crippen LogP contribution in [0.25, 0.3) is 0 Å². The minimum atomic E-state index is -0.791. The fourth-order valence-electron chi connectivity index (χ4n) is 2.93. The third-order valence-electron chi connectivity index (χ3n) is 4.33. The molecule has 2 rings (SSSR count). The Morgan fingerprint density at radius 3 is 2.50 bits per heavy atom. The second-order valence-corrected chi connectivity index (χ2v) is 9.85. The van der Waals surface area contributed by atoms with Crippen molar-refractivity contribution in [1.29, 1.82) is 0 Å². The summed E-state index contributed by atoms with van der Waals surface area (Å²) in [5.74, 6) is -1.45. The lowest BCUT2D eigenvalue weighted by atomic mass is 10.0. The highest BCUT2D eigenvalue weighted by atomic mass is 32.1. The summed E-state index contributed by atoms with van der Waals surface area (Å²) in [6.45, 7) is 7.98. The molecule has 164 valence electrons. The van der Waals surface area contributed by atoms with E-state index in [1.54, 1.807) is 0 Å². The first-order valence-corrected chi connectivity index (χ1v) is 11.4. The third-order valence-corrected chi connectivity index (χ3v) is 6.04. The fraction of sp³-hybridized carbons (Fsp3) is 0.500. The molecule has 30 heavy (non-hydrogen) atoms. The Balaban J connectivity index is 2.46. The van der Waals surface area contributed by atoms with Gasteiger partial charge in [0.1, 0.15) is 10.9 Å². The van der Waals surface area contributed by atoms with Gasteiger partial charge in [0.2, 0.25) is 5.91 Å². The van der Waals surface area contributed by atoms with Gasteiger partial charge in [0.05, 0.1) is 12.2 Å². The molecule has 0 fully saturated rings. The average molecular weight is 452 g/mol. The van der Waals surface area contributed by atoms with Crippen LogP contribution in [-0.4, -0.2) is 38.6 Å². The summed E-state index contributed by atoms with van der Waals surface area (Å²) < 4.78 is 3.94. The van der Waals surface area contributed by atoms with Gasteiger partial charge in [0.25, 0.3) is 11.8 Å². The van der Waals surface area contributed by atoms with Crippen molar-refractivity contribution >= 4 is 46.3 Å². The molecule has 1 atom stereocenters. The van der Waals surface area contributed by atoms with Crippen molar-refractivity contribution in [3.63, 3.8) is 0 Å². The summed E-state index contributed by atoms with van der Waals surface area (Å²) in [7, 11) is 0. The van der Waals surface area contributed by atoms with Crippen molar-refractivity contribution in [2.75, 3.05) is 5.73 Å². The third kappa shape index (κ3) is 6.02. The molecule has 2 aromatic heterocycles. The lowest BCUT2D eigenvalue weighted by Crippen LogP contribution is -2.53. The van der Waals surface area contributed by atoms with Crippen molar-refractivity contribution in [2.45, 2.75) is 65.1 Å². The highest BCUT2D eigenvalue weighted by molar-refractivity contribution is 7.10. The Hall–Kier alpha value is -2.46. The molecule has 0 aromatic carbocycles. The van der Waals surface area contributed by atoms with Crippen LogP contribution in [0.15, 0.2) is 17.5 Å². The van der Waals surface area contributed by atoms with E-state index < -0.39 is 23.4 Å². The number of nitrogens with one attached hydrogen (secondary N) is 1. The molecule has 8 nitrogen and oxygen atoms in total. The predicted molar refractivity (Wildman–Crippen MR) is 120 cm³/mol. The van der Waals surface area contributed by atoms with Crippen LogP contribution in [0.3, 0.4) is 0 Å². The summed E-state index contributed by atoms with van der Waals surface area (Å²) in [5, 5.41) is 4.90. The maximum absolute atomic E-state index is 13.5. The van der Waals surface area contributed by atoms with Crippen LogP contribution in [0.2, 0.25) is 0 Å². The van der Waals surface area contributed by atoms with E-state index in [2.05, 4.69) is 9.69 Å². The molecule has 0 bridgehead atoms. The quantitative estimate of drug-likeness (QED) is 0.539. The number of unbranched alkanes of at least 4 members (excludes halogenated alkanes) is 1. The van der Waals surface area contributed by atoms with Crippen molar-refractivity contribution in [1.82, 2.24) is 14.6 Å². The van der Waals surface area contributed by atoms with Gasteiger partial charge in [0, 0.05) is 10.4 Å². The number of nitrogens with zero attached hydrogens (tertiary/aromatic N) is 2. The van der Waals surface area contributed by atoms with Crippen LogP contribution >= 0.6 is 22.9 Å². The first-order valence-electron chi connectivity index (χ1n) is 9.75. The molecule has 3 amide bonds. The maximum atomic E-state index is 13.5. The van der Waals surface area contributed by atoms with Crippen LogP contribution in [0.5, 0.6) is 0 Å². The maximum Gasteiger partial charge on any atom is 0.270 e. The van der Waals surface area contributed by atoms with Gasteiger partial charge in [0.15, 0.2) is 5.69 Å². The molecule has 0 aliphatic heterocycles. The molecule has 0 aliphatic rings. The molecule has 0 saturated heterocycles. The Morgan fingerprint density at radius 1 is 1.30 bits per heavy atom. The van der Waals surface area contributed by atoms with Crippen LogP contribution in [0.4, 0.5) is 5.69 Å². The number of carbonyl (C=O) groups is 3. The first kappa shape index (κ1) is 23.8. The van der Waals surface area contributed by atoms with Gasteiger partial charge < -0.3 is 21.7 Å². The molecule has 2 aromatic rings. The Bertz CT molecular complexity index is 887. The topological polar surface area (TPSA) is 131 Å². The second-order valence-electron chi connectivity index (χ2n) is 8.05. The molecule has 0 spiro atoms. The Morgan fingerprint density at radius 2 is 2.00 bits per heavy atom. The largest absolute Gasteiger partial charge is 0.395 e. The zero-order chi connectivity index (χ0) is 22.5. The van der Waals surface area contributed by atoms with E-state index in [1.165, 1.54) is 16.2 Å². The number of thiophene rings is 1. The number of nitrogen functional groups attached to an aromatic ring is 1. The van der Waals surface area contributed by atoms with Gasteiger partial charge in [-0.3, -0.25) is 14.4 Å². The van der Waals surface area contributed by atoms with Gasteiger partial charge in [-0.15, -0.1) is 11.3 Å². The van der Waals surface area contributed by atoms with Crippen molar-refractivity contribution in [3.8, 4) is 0 Å². The lowest BCUT2D eigenvalue weighted by molar-refractivity contribution is -0.127. The minimum absolute atomic E-state index is 0.0425. The van der Waals surface area contributed by atoms with Gasteiger partial charge in [-0.1, -0.05) is 25.8 Å². The number of hydrogen-bond acceptors (Lipinski definition) is 7. The summed E-state index contributed by atoms with van der Waals surface area (Å²) in [6, 6.07) is 3.12. The first-order chi connectivity index (χ1) is 14.0. The van der Waals surface area contributed by atoms with Gasteiger partial charge >= 0.3 is 0 Å². The van der Waals surface area contributed by atoms with Gasteiger partial charge in [-0.2, -0.15) is 4.37 Å².